The minimum atomic E-state index is -0.393. The van der Waals surface area contributed by atoms with Crippen LogP contribution in [0.3, 0.4) is 0 Å². The summed E-state index contributed by atoms with van der Waals surface area (Å²) in [5.41, 5.74) is 1.77. The summed E-state index contributed by atoms with van der Waals surface area (Å²) >= 11 is 2.82. The maximum atomic E-state index is 12.7. The molecule has 0 aromatic carbocycles. The van der Waals surface area contributed by atoms with E-state index in [0.29, 0.717) is 21.5 Å². The van der Waals surface area contributed by atoms with Gasteiger partial charge in [-0.15, -0.1) is 16.4 Å². The standard InChI is InChI=1S/C18H18N6OS2/c1-11(26-18-22-17-20-8-5-9-24(17)23-18)15(25)21-16-13(10-19)12-6-3-2-4-7-14(12)27-16/h5,8-9,11H,2-4,6-7H2,1H3,(H,21,25). The van der Waals surface area contributed by atoms with Crippen LogP contribution in [0.1, 0.15) is 42.2 Å². The van der Waals surface area contributed by atoms with Gasteiger partial charge < -0.3 is 5.32 Å². The number of carbonyl (C=O) groups is 1. The van der Waals surface area contributed by atoms with Gasteiger partial charge in [0.05, 0.1) is 10.8 Å². The normalized spacial score (nSPS) is 15.0. The molecule has 0 radical (unpaired) electrons. The maximum absolute atomic E-state index is 12.7. The summed E-state index contributed by atoms with van der Waals surface area (Å²) in [6.07, 6.45) is 8.78. The Morgan fingerprint density at radius 2 is 2.26 bits per heavy atom. The van der Waals surface area contributed by atoms with Crippen molar-refractivity contribution >= 4 is 39.8 Å². The molecule has 7 nitrogen and oxygen atoms in total. The van der Waals surface area contributed by atoms with Crippen molar-refractivity contribution in [3.63, 3.8) is 0 Å². The van der Waals surface area contributed by atoms with E-state index in [4.69, 9.17) is 0 Å². The molecule has 0 fully saturated rings. The first-order valence-corrected chi connectivity index (χ1v) is 10.5. The van der Waals surface area contributed by atoms with Crippen LogP contribution >= 0.6 is 23.1 Å². The third kappa shape index (κ3) is 3.68. The van der Waals surface area contributed by atoms with Gasteiger partial charge in [-0.3, -0.25) is 4.79 Å². The van der Waals surface area contributed by atoms with Gasteiger partial charge >= 0.3 is 0 Å². The molecule has 0 bridgehead atoms. The summed E-state index contributed by atoms with van der Waals surface area (Å²) in [6.45, 7) is 1.81. The maximum Gasteiger partial charge on any atom is 0.253 e. The molecule has 1 aliphatic rings. The number of nitriles is 1. The van der Waals surface area contributed by atoms with Crippen molar-refractivity contribution in [2.75, 3.05) is 5.32 Å². The molecular weight excluding hydrogens is 380 g/mol. The highest BCUT2D eigenvalue weighted by molar-refractivity contribution is 8.00. The monoisotopic (exact) mass is 398 g/mol. The van der Waals surface area contributed by atoms with Crippen molar-refractivity contribution in [2.45, 2.75) is 49.4 Å². The first-order valence-electron chi connectivity index (χ1n) is 8.85. The number of hydrogen-bond donors (Lipinski definition) is 1. The summed E-state index contributed by atoms with van der Waals surface area (Å²) in [7, 11) is 0. The van der Waals surface area contributed by atoms with E-state index < -0.39 is 5.25 Å². The molecule has 0 aliphatic heterocycles. The SMILES string of the molecule is CC(Sc1nc2ncccn2n1)C(=O)Nc1sc2c(c1C#N)CCCCC2. The van der Waals surface area contributed by atoms with E-state index >= 15 is 0 Å². The van der Waals surface area contributed by atoms with Gasteiger partial charge in [0.25, 0.3) is 5.78 Å². The molecule has 138 valence electrons. The highest BCUT2D eigenvalue weighted by Gasteiger charge is 2.23. The third-order valence-electron chi connectivity index (χ3n) is 4.52. The quantitative estimate of drug-likeness (QED) is 0.534. The Morgan fingerprint density at radius 3 is 3.07 bits per heavy atom. The zero-order valence-corrected chi connectivity index (χ0v) is 16.4. The molecule has 0 spiro atoms. The lowest BCUT2D eigenvalue weighted by Crippen LogP contribution is -2.22. The Kier molecular flexibility index (Phi) is 5.09. The molecular formula is C18H18N6OS2. The molecule has 3 aromatic rings. The number of aromatic nitrogens is 4. The minimum Gasteiger partial charge on any atom is -0.316 e. The molecule has 3 heterocycles. The van der Waals surface area contributed by atoms with Crippen LogP contribution in [-0.2, 0) is 17.6 Å². The molecule has 9 heteroatoms. The molecule has 1 amide bonds. The van der Waals surface area contributed by atoms with E-state index in [0.717, 1.165) is 31.2 Å². The Labute approximate surface area is 164 Å². The second-order valence-corrected chi connectivity index (χ2v) is 8.80. The van der Waals surface area contributed by atoms with Crippen molar-refractivity contribution in [1.29, 1.82) is 5.26 Å². The number of amides is 1. The predicted molar refractivity (Wildman–Crippen MR) is 105 cm³/mol. The first kappa shape index (κ1) is 17.9. The van der Waals surface area contributed by atoms with Gasteiger partial charge in [-0.1, -0.05) is 18.2 Å². The van der Waals surface area contributed by atoms with Gasteiger partial charge in [0.2, 0.25) is 11.1 Å². The van der Waals surface area contributed by atoms with Gasteiger partial charge in [0, 0.05) is 17.3 Å². The smallest absolute Gasteiger partial charge is 0.253 e. The van der Waals surface area contributed by atoms with Crippen molar-refractivity contribution in [1.82, 2.24) is 19.6 Å². The van der Waals surface area contributed by atoms with E-state index in [-0.39, 0.29) is 5.91 Å². The number of nitrogens with zero attached hydrogens (tertiary/aromatic N) is 5. The molecule has 0 saturated heterocycles. The van der Waals surface area contributed by atoms with Gasteiger partial charge in [-0.2, -0.15) is 10.2 Å². The largest absolute Gasteiger partial charge is 0.316 e. The van der Waals surface area contributed by atoms with Crippen LogP contribution in [0.4, 0.5) is 5.00 Å². The first-order chi connectivity index (χ1) is 13.2. The molecule has 1 unspecified atom stereocenters. The summed E-state index contributed by atoms with van der Waals surface area (Å²) in [5.74, 6) is 0.348. The second-order valence-electron chi connectivity index (χ2n) is 6.39. The van der Waals surface area contributed by atoms with Crippen LogP contribution in [-0.4, -0.2) is 30.7 Å². The molecule has 27 heavy (non-hydrogen) atoms. The fourth-order valence-corrected chi connectivity index (χ4v) is 5.13. The lowest BCUT2D eigenvalue weighted by molar-refractivity contribution is -0.115. The number of rotatable bonds is 4. The fourth-order valence-electron chi connectivity index (χ4n) is 3.14. The van der Waals surface area contributed by atoms with Crippen LogP contribution in [0.15, 0.2) is 23.6 Å². The summed E-state index contributed by atoms with van der Waals surface area (Å²) in [4.78, 5) is 22.4. The zero-order chi connectivity index (χ0) is 18.8. The van der Waals surface area contributed by atoms with Crippen LogP contribution in [0.5, 0.6) is 0 Å². The van der Waals surface area contributed by atoms with Crippen LogP contribution in [0.25, 0.3) is 5.78 Å². The van der Waals surface area contributed by atoms with Crippen molar-refractivity contribution < 1.29 is 4.79 Å². The highest BCUT2D eigenvalue weighted by atomic mass is 32.2. The Hall–Kier alpha value is -2.44. The number of hydrogen-bond acceptors (Lipinski definition) is 7. The lowest BCUT2D eigenvalue weighted by Gasteiger charge is -2.09. The number of thiophene rings is 1. The summed E-state index contributed by atoms with van der Waals surface area (Å²) < 4.78 is 1.58. The molecule has 4 rings (SSSR count). The van der Waals surface area contributed by atoms with E-state index in [2.05, 4.69) is 26.5 Å². The molecule has 1 N–H and O–H groups in total. The molecule has 0 saturated carbocycles. The summed E-state index contributed by atoms with van der Waals surface area (Å²) in [6, 6.07) is 4.07. The van der Waals surface area contributed by atoms with Crippen molar-refractivity contribution in [3.8, 4) is 6.07 Å². The van der Waals surface area contributed by atoms with E-state index in [1.165, 1.54) is 23.1 Å². The average Bonchev–Trinajstić information content (AvgIpc) is 3.13. The third-order valence-corrected chi connectivity index (χ3v) is 6.68. The highest BCUT2D eigenvalue weighted by Crippen LogP contribution is 2.37. The molecule has 1 atom stereocenters. The average molecular weight is 399 g/mol. The summed E-state index contributed by atoms with van der Waals surface area (Å²) in [5, 5.41) is 17.6. The topological polar surface area (TPSA) is 96.0 Å². The molecule has 1 aliphatic carbocycles. The number of carbonyl (C=O) groups excluding carboxylic acids is 1. The number of anilines is 1. The van der Waals surface area contributed by atoms with Crippen molar-refractivity contribution in [3.05, 3.63) is 34.5 Å². The number of thioether (sulfide) groups is 1. The Balaban J connectivity index is 1.49. The van der Waals surface area contributed by atoms with Crippen LogP contribution < -0.4 is 5.32 Å². The van der Waals surface area contributed by atoms with Gasteiger partial charge in [-0.05, 0) is 44.2 Å². The Morgan fingerprint density at radius 1 is 1.41 bits per heavy atom. The minimum absolute atomic E-state index is 0.153. The second kappa shape index (κ2) is 7.66. The number of aryl methyl sites for hydroxylation is 1. The van der Waals surface area contributed by atoms with Crippen LogP contribution in [0.2, 0.25) is 0 Å². The molecule has 3 aromatic heterocycles. The number of fused-ring (bicyclic) bond motifs is 2. The zero-order valence-electron chi connectivity index (χ0n) is 14.8. The van der Waals surface area contributed by atoms with Crippen molar-refractivity contribution in [2.24, 2.45) is 0 Å². The van der Waals surface area contributed by atoms with Gasteiger partial charge in [-0.25, -0.2) is 9.50 Å². The van der Waals surface area contributed by atoms with E-state index in [1.807, 2.05) is 6.92 Å². The van der Waals surface area contributed by atoms with E-state index in [1.54, 1.807) is 34.3 Å². The van der Waals surface area contributed by atoms with Gasteiger partial charge in [0.15, 0.2) is 0 Å². The predicted octanol–water partition coefficient (Wildman–Crippen LogP) is 3.45. The van der Waals surface area contributed by atoms with Crippen LogP contribution in [0, 0.1) is 11.3 Å². The fraction of sp³-hybridized carbons (Fsp3) is 0.389. The Bertz CT molecular complexity index is 1000. The number of nitrogens with one attached hydrogen (secondary N) is 1. The lowest BCUT2D eigenvalue weighted by atomic mass is 10.1. The van der Waals surface area contributed by atoms with E-state index in [9.17, 15) is 10.1 Å². The van der Waals surface area contributed by atoms with Gasteiger partial charge in [0.1, 0.15) is 11.1 Å².